The molecule has 180 valence electrons. The van der Waals surface area contributed by atoms with Crippen LogP contribution >= 0.6 is 11.8 Å². The van der Waals surface area contributed by atoms with Gasteiger partial charge in [-0.05, 0) is 69.4 Å². The van der Waals surface area contributed by atoms with E-state index in [1.54, 1.807) is 35.8 Å². The van der Waals surface area contributed by atoms with Crippen LogP contribution in [0.15, 0.2) is 68.9 Å². The first-order chi connectivity index (χ1) is 17.0. The number of nitrogens with zero attached hydrogens (tertiary/aromatic N) is 2. The molecule has 4 aromatic rings. The molecule has 0 saturated heterocycles. The van der Waals surface area contributed by atoms with Gasteiger partial charge in [-0.3, -0.25) is 14.2 Å². The second kappa shape index (κ2) is 9.95. The summed E-state index contributed by atoms with van der Waals surface area (Å²) in [5, 5.41) is 3.53. The van der Waals surface area contributed by atoms with E-state index in [1.165, 1.54) is 30.2 Å². The van der Waals surface area contributed by atoms with Gasteiger partial charge in [0.1, 0.15) is 0 Å². The summed E-state index contributed by atoms with van der Waals surface area (Å²) in [4.78, 5) is 48.0. The molecule has 1 aliphatic carbocycles. The third-order valence-electron chi connectivity index (χ3n) is 6.30. The maximum Gasteiger partial charge on any atom is 0.323 e. The first-order valence-corrected chi connectivity index (χ1v) is 12.7. The van der Waals surface area contributed by atoms with E-state index < -0.39 is 5.25 Å². The maximum atomic E-state index is 13.3. The molecule has 8 nitrogen and oxygen atoms in total. The Hall–Kier alpha value is -3.59. The molecular formula is C26H27N5O3S. The Labute approximate surface area is 205 Å². The minimum Gasteiger partial charge on any atom is -0.325 e. The number of carbonyl (C=O) groups excluding carboxylic acids is 1. The Balaban J connectivity index is 1.38. The fourth-order valence-corrected chi connectivity index (χ4v) is 5.32. The molecule has 2 aromatic heterocycles. The number of rotatable bonds is 7. The molecule has 2 heterocycles. The highest BCUT2D eigenvalue weighted by molar-refractivity contribution is 8.00. The minimum absolute atomic E-state index is 0.0796. The largest absolute Gasteiger partial charge is 0.325 e. The van der Waals surface area contributed by atoms with Crippen LogP contribution in [-0.4, -0.2) is 30.7 Å². The number of amides is 1. The Morgan fingerprint density at radius 2 is 1.97 bits per heavy atom. The number of nitrogens with one attached hydrogen (secondary N) is 3. The molecule has 3 N–H and O–H groups in total. The highest BCUT2D eigenvalue weighted by atomic mass is 32.2. The van der Waals surface area contributed by atoms with Crippen molar-refractivity contribution in [1.82, 2.24) is 19.5 Å². The van der Waals surface area contributed by atoms with Gasteiger partial charge in [0, 0.05) is 12.2 Å². The molecule has 0 bridgehead atoms. The molecule has 1 amide bonds. The van der Waals surface area contributed by atoms with E-state index in [4.69, 9.17) is 4.98 Å². The van der Waals surface area contributed by atoms with Gasteiger partial charge in [-0.25, -0.2) is 9.78 Å². The lowest BCUT2D eigenvalue weighted by molar-refractivity contribution is -0.115. The first-order valence-electron chi connectivity index (χ1n) is 11.8. The van der Waals surface area contributed by atoms with Crippen molar-refractivity contribution in [3.8, 4) is 0 Å². The number of aromatic amines is 2. The molecule has 1 aliphatic rings. The van der Waals surface area contributed by atoms with Gasteiger partial charge in [-0.2, -0.15) is 0 Å². The van der Waals surface area contributed by atoms with E-state index in [-0.39, 0.29) is 17.2 Å². The summed E-state index contributed by atoms with van der Waals surface area (Å²) in [6.07, 6.45) is 7.69. The zero-order valence-corrected chi connectivity index (χ0v) is 20.3. The molecule has 0 radical (unpaired) electrons. The van der Waals surface area contributed by atoms with Crippen molar-refractivity contribution in [3.63, 3.8) is 0 Å². The van der Waals surface area contributed by atoms with Crippen LogP contribution in [0.3, 0.4) is 0 Å². The minimum atomic E-state index is -0.496. The van der Waals surface area contributed by atoms with E-state index in [1.807, 2.05) is 18.2 Å². The summed E-state index contributed by atoms with van der Waals surface area (Å²) in [6.45, 7) is 2.34. The van der Waals surface area contributed by atoms with Crippen molar-refractivity contribution in [2.75, 3.05) is 5.32 Å². The van der Waals surface area contributed by atoms with Crippen LogP contribution in [0.4, 0.5) is 5.69 Å². The summed E-state index contributed by atoms with van der Waals surface area (Å²) in [7, 11) is 0. The van der Waals surface area contributed by atoms with Crippen LogP contribution < -0.4 is 16.6 Å². The second-order valence-corrected chi connectivity index (χ2v) is 10.1. The normalized spacial score (nSPS) is 14.7. The van der Waals surface area contributed by atoms with E-state index >= 15 is 0 Å². The quantitative estimate of drug-likeness (QED) is 0.200. The van der Waals surface area contributed by atoms with Crippen LogP contribution in [0.1, 0.15) is 39.0 Å². The molecular weight excluding hydrogens is 462 g/mol. The summed E-state index contributed by atoms with van der Waals surface area (Å²) in [5.74, 6) is -0.212. The number of benzene rings is 2. The van der Waals surface area contributed by atoms with Gasteiger partial charge in [0.15, 0.2) is 5.16 Å². The van der Waals surface area contributed by atoms with Crippen LogP contribution in [0.2, 0.25) is 0 Å². The number of imidazole rings is 1. The number of thioether (sulfide) groups is 1. The Bertz CT molecular complexity index is 1550. The third-order valence-corrected chi connectivity index (χ3v) is 7.39. The monoisotopic (exact) mass is 489 g/mol. The highest BCUT2D eigenvalue weighted by Crippen LogP contribution is 2.26. The molecule has 9 heteroatoms. The van der Waals surface area contributed by atoms with Crippen molar-refractivity contribution in [1.29, 1.82) is 0 Å². The first kappa shape index (κ1) is 23.2. The summed E-state index contributed by atoms with van der Waals surface area (Å²) in [6, 6.07) is 12.5. The van der Waals surface area contributed by atoms with E-state index in [2.05, 4.69) is 21.4 Å². The summed E-state index contributed by atoms with van der Waals surface area (Å²) >= 11 is 1.28. The smallest absolute Gasteiger partial charge is 0.323 e. The summed E-state index contributed by atoms with van der Waals surface area (Å²) < 4.78 is 1.71. The van der Waals surface area contributed by atoms with Crippen molar-refractivity contribution in [2.45, 2.75) is 56.0 Å². The average molecular weight is 490 g/mol. The Morgan fingerprint density at radius 3 is 2.80 bits per heavy atom. The van der Waals surface area contributed by atoms with Crippen molar-refractivity contribution in [3.05, 3.63) is 75.0 Å². The molecule has 0 spiro atoms. The number of anilines is 1. The second-order valence-electron chi connectivity index (χ2n) is 8.82. The van der Waals surface area contributed by atoms with Crippen LogP contribution in [0, 0.1) is 0 Å². The molecule has 2 aromatic carbocycles. The molecule has 0 aliphatic heterocycles. The standard InChI is InChI=1S/C26H27N5O3S/c1-16(23(32)27-18-11-12-21-22(15-18)29-25(34)28-21)35-26-30-20-10-6-5-9-19(20)24(33)31(26)14-13-17-7-3-2-4-8-17/h5-7,9-12,15-16H,2-4,8,13-14H2,1H3,(H,27,32)(H2,28,29,34). The number of carbonyl (C=O) groups is 1. The van der Waals surface area contributed by atoms with Gasteiger partial charge in [0.25, 0.3) is 5.56 Å². The SMILES string of the molecule is CC(Sc1nc2ccccc2c(=O)n1CCC1=CCCCC1)C(=O)Nc1ccc2[nH]c(=O)[nH]c2c1. The van der Waals surface area contributed by atoms with Gasteiger partial charge in [0.2, 0.25) is 5.91 Å². The maximum absolute atomic E-state index is 13.3. The van der Waals surface area contributed by atoms with Gasteiger partial charge < -0.3 is 15.3 Å². The topological polar surface area (TPSA) is 113 Å². The lowest BCUT2D eigenvalue weighted by Crippen LogP contribution is -2.27. The lowest BCUT2D eigenvalue weighted by Gasteiger charge is -2.18. The number of allylic oxidation sites excluding steroid dienone is 2. The number of hydrogen-bond acceptors (Lipinski definition) is 5. The average Bonchev–Trinajstić information content (AvgIpc) is 3.23. The zero-order chi connectivity index (χ0) is 24.4. The van der Waals surface area contributed by atoms with Gasteiger partial charge in [-0.1, -0.05) is 35.5 Å². The zero-order valence-electron chi connectivity index (χ0n) is 19.5. The van der Waals surface area contributed by atoms with Crippen molar-refractivity contribution >= 4 is 45.3 Å². The van der Waals surface area contributed by atoms with Crippen LogP contribution in [-0.2, 0) is 11.3 Å². The highest BCUT2D eigenvalue weighted by Gasteiger charge is 2.20. The third kappa shape index (κ3) is 5.09. The van der Waals surface area contributed by atoms with Crippen molar-refractivity contribution < 1.29 is 4.79 Å². The Kier molecular flexibility index (Phi) is 6.59. The predicted octanol–water partition coefficient (Wildman–Crippen LogP) is 4.58. The van der Waals surface area contributed by atoms with E-state index in [9.17, 15) is 14.4 Å². The molecule has 0 fully saturated rings. The van der Waals surface area contributed by atoms with E-state index in [0.29, 0.717) is 39.3 Å². The van der Waals surface area contributed by atoms with Crippen LogP contribution in [0.5, 0.6) is 0 Å². The molecule has 35 heavy (non-hydrogen) atoms. The van der Waals surface area contributed by atoms with Gasteiger partial charge in [0.05, 0.1) is 27.2 Å². The number of para-hydroxylation sites is 1. The van der Waals surface area contributed by atoms with Crippen LogP contribution in [0.25, 0.3) is 21.9 Å². The van der Waals surface area contributed by atoms with Gasteiger partial charge in [-0.15, -0.1) is 0 Å². The fraction of sp³-hybridized carbons (Fsp3) is 0.308. The number of H-pyrrole nitrogens is 2. The molecule has 1 atom stereocenters. The lowest BCUT2D eigenvalue weighted by atomic mass is 9.97. The number of aromatic nitrogens is 4. The molecule has 0 saturated carbocycles. The summed E-state index contributed by atoms with van der Waals surface area (Å²) in [5.41, 5.74) is 3.51. The fourth-order valence-electron chi connectivity index (χ4n) is 4.39. The molecule has 5 rings (SSSR count). The van der Waals surface area contributed by atoms with E-state index in [0.717, 1.165) is 19.3 Å². The number of fused-ring (bicyclic) bond motifs is 2. The molecule has 1 unspecified atom stereocenters. The van der Waals surface area contributed by atoms with Crippen molar-refractivity contribution in [2.24, 2.45) is 0 Å². The predicted molar refractivity (Wildman–Crippen MR) is 140 cm³/mol. The number of hydrogen-bond donors (Lipinski definition) is 3. The Morgan fingerprint density at radius 1 is 1.14 bits per heavy atom. The van der Waals surface area contributed by atoms with Gasteiger partial charge >= 0.3 is 5.69 Å².